The molecule has 3 nitrogen and oxygen atoms in total. The quantitative estimate of drug-likeness (QED) is 0.881. The van der Waals surface area contributed by atoms with Crippen molar-refractivity contribution in [3.63, 3.8) is 0 Å². The van der Waals surface area contributed by atoms with E-state index in [0.717, 1.165) is 6.20 Å². The van der Waals surface area contributed by atoms with E-state index < -0.39 is 5.82 Å². The van der Waals surface area contributed by atoms with Crippen LogP contribution in [0.1, 0.15) is 11.1 Å². The summed E-state index contributed by atoms with van der Waals surface area (Å²) in [6.45, 7) is 0.177. The van der Waals surface area contributed by atoms with E-state index in [0.29, 0.717) is 21.9 Å². The Balaban J connectivity index is 2.10. The van der Waals surface area contributed by atoms with Crippen LogP contribution in [0.2, 0.25) is 5.02 Å². The number of aromatic nitrogens is 1. The maximum Gasteiger partial charge on any atom is 0.141 e. The Kier molecular flexibility index (Phi) is 4.29. The predicted molar refractivity (Wildman–Crippen MR) is 75.9 cm³/mol. The Morgan fingerprint density at radius 3 is 2.79 bits per heavy atom. The third-order valence-corrected chi connectivity index (χ3v) is 2.90. The molecule has 0 saturated heterocycles. The van der Waals surface area contributed by atoms with E-state index in [4.69, 9.17) is 34.3 Å². The summed E-state index contributed by atoms with van der Waals surface area (Å²) in [5.74, 6) is 0.0713. The summed E-state index contributed by atoms with van der Waals surface area (Å²) >= 11 is 10.9. The van der Waals surface area contributed by atoms with Gasteiger partial charge in [0.1, 0.15) is 23.2 Å². The Bertz CT molecular complexity index is 621. The fourth-order valence-electron chi connectivity index (χ4n) is 1.47. The fourth-order valence-corrected chi connectivity index (χ4v) is 1.83. The Labute approximate surface area is 120 Å². The Morgan fingerprint density at radius 1 is 1.37 bits per heavy atom. The maximum absolute atomic E-state index is 12.9. The molecule has 98 valence electrons. The Morgan fingerprint density at radius 2 is 2.16 bits per heavy atom. The molecule has 0 aliphatic rings. The Hall–Kier alpha value is -1.72. The van der Waals surface area contributed by atoms with Gasteiger partial charge in [0.05, 0.1) is 11.2 Å². The van der Waals surface area contributed by atoms with Gasteiger partial charge in [-0.3, -0.25) is 4.98 Å². The highest BCUT2D eigenvalue weighted by molar-refractivity contribution is 7.80. The van der Waals surface area contributed by atoms with Gasteiger partial charge in [0.2, 0.25) is 0 Å². The molecule has 2 rings (SSSR count). The molecule has 19 heavy (non-hydrogen) atoms. The summed E-state index contributed by atoms with van der Waals surface area (Å²) in [4.78, 5) is 4.00. The largest absolute Gasteiger partial charge is 0.487 e. The number of halogens is 2. The summed E-state index contributed by atoms with van der Waals surface area (Å²) in [6.07, 6.45) is 2.66. The third kappa shape index (κ3) is 3.62. The summed E-state index contributed by atoms with van der Waals surface area (Å²) in [5.41, 5.74) is 6.78. The molecule has 0 saturated carbocycles. The number of nitrogens with two attached hydrogens (primary N) is 1. The molecule has 0 aliphatic heterocycles. The van der Waals surface area contributed by atoms with E-state index in [1.165, 1.54) is 12.3 Å². The first-order valence-electron chi connectivity index (χ1n) is 5.38. The van der Waals surface area contributed by atoms with Crippen molar-refractivity contribution < 1.29 is 9.13 Å². The average molecular weight is 297 g/mol. The second-order valence-corrected chi connectivity index (χ2v) is 4.66. The molecule has 0 bridgehead atoms. The number of hydrogen-bond acceptors (Lipinski definition) is 3. The lowest BCUT2D eigenvalue weighted by atomic mass is 10.2. The van der Waals surface area contributed by atoms with Gasteiger partial charge >= 0.3 is 0 Å². The van der Waals surface area contributed by atoms with Crippen molar-refractivity contribution in [3.05, 3.63) is 58.6 Å². The van der Waals surface area contributed by atoms with Gasteiger partial charge in [0.15, 0.2) is 0 Å². The van der Waals surface area contributed by atoms with Gasteiger partial charge in [-0.25, -0.2) is 4.39 Å². The molecule has 0 fully saturated rings. The predicted octanol–water partition coefficient (Wildman–Crippen LogP) is 3.09. The topological polar surface area (TPSA) is 48.1 Å². The highest BCUT2D eigenvalue weighted by Gasteiger charge is 2.05. The van der Waals surface area contributed by atoms with E-state index in [-0.39, 0.29) is 11.6 Å². The van der Waals surface area contributed by atoms with Crippen molar-refractivity contribution >= 4 is 28.8 Å². The van der Waals surface area contributed by atoms with Crippen LogP contribution in [0.15, 0.2) is 36.7 Å². The van der Waals surface area contributed by atoms with Crippen molar-refractivity contribution in [2.45, 2.75) is 6.61 Å². The molecule has 2 N–H and O–H groups in total. The van der Waals surface area contributed by atoms with E-state index in [1.54, 1.807) is 18.2 Å². The lowest BCUT2D eigenvalue weighted by Crippen LogP contribution is -2.09. The normalized spacial score (nSPS) is 10.2. The standard InChI is InChI=1S/C13H10ClFN2OS/c14-11-4-9(13(16)19)1-2-12(11)18-7-8-3-10(15)6-17-5-8/h1-6H,7H2,(H2,16,19). The molecule has 1 aromatic heterocycles. The number of pyridine rings is 1. The van der Waals surface area contributed by atoms with Crippen LogP contribution in [0.5, 0.6) is 5.75 Å². The second-order valence-electron chi connectivity index (χ2n) is 3.81. The van der Waals surface area contributed by atoms with E-state index in [2.05, 4.69) is 4.98 Å². The minimum absolute atomic E-state index is 0.177. The van der Waals surface area contributed by atoms with Crippen molar-refractivity contribution in [1.82, 2.24) is 4.98 Å². The first-order chi connectivity index (χ1) is 9.06. The molecule has 6 heteroatoms. The van der Waals surface area contributed by atoms with Crippen molar-refractivity contribution in [2.24, 2.45) is 5.73 Å². The molecule has 0 amide bonds. The van der Waals surface area contributed by atoms with Gasteiger partial charge < -0.3 is 10.5 Å². The summed E-state index contributed by atoms with van der Waals surface area (Å²) < 4.78 is 18.4. The first kappa shape index (κ1) is 13.7. The van der Waals surface area contributed by atoms with Gasteiger partial charge in [-0.15, -0.1) is 0 Å². The van der Waals surface area contributed by atoms with Crippen molar-refractivity contribution in [2.75, 3.05) is 0 Å². The molecule has 0 radical (unpaired) electrons. The maximum atomic E-state index is 12.9. The summed E-state index contributed by atoms with van der Waals surface area (Å²) in [6, 6.07) is 6.37. The van der Waals surface area contributed by atoms with E-state index in [9.17, 15) is 4.39 Å². The number of hydrogen-bond donors (Lipinski definition) is 1. The van der Waals surface area contributed by atoms with Crippen molar-refractivity contribution in [1.29, 1.82) is 0 Å². The van der Waals surface area contributed by atoms with Gasteiger partial charge in [-0.1, -0.05) is 23.8 Å². The fraction of sp³-hybridized carbons (Fsp3) is 0.0769. The molecule has 0 atom stereocenters. The smallest absolute Gasteiger partial charge is 0.141 e. The van der Waals surface area contributed by atoms with Gasteiger partial charge in [0.25, 0.3) is 0 Å². The van der Waals surface area contributed by atoms with Crippen LogP contribution in [0.4, 0.5) is 4.39 Å². The van der Waals surface area contributed by atoms with E-state index in [1.807, 2.05) is 0 Å². The number of thiocarbonyl (C=S) groups is 1. The van der Waals surface area contributed by atoms with Crippen molar-refractivity contribution in [3.8, 4) is 5.75 Å². The zero-order valence-electron chi connectivity index (χ0n) is 9.77. The van der Waals surface area contributed by atoms with Gasteiger partial charge in [0, 0.05) is 17.3 Å². The van der Waals surface area contributed by atoms with Gasteiger partial charge in [-0.2, -0.15) is 0 Å². The van der Waals surface area contributed by atoms with E-state index >= 15 is 0 Å². The van der Waals surface area contributed by atoms with Crippen LogP contribution in [0.3, 0.4) is 0 Å². The molecule has 2 aromatic rings. The minimum Gasteiger partial charge on any atom is -0.487 e. The number of nitrogens with zero attached hydrogens (tertiary/aromatic N) is 1. The minimum atomic E-state index is -0.406. The molecule has 0 unspecified atom stereocenters. The van der Waals surface area contributed by atoms with Crippen LogP contribution in [-0.4, -0.2) is 9.97 Å². The number of rotatable bonds is 4. The molecule has 0 aliphatic carbocycles. The zero-order valence-corrected chi connectivity index (χ0v) is 11.3. The van der Waals surface area contributed by atoms with Crippen LogP contribution in [0, 0.1) is 5.82 Å². The highest BCUT2D eigenvalue weighted by atomic mass is 35.5. The molecular formula is C13H10ClFN2OS. The molecular weight excluding hydrogens is 287 g/mol. The highest BCUT2D eigenvalue weighted by Crippen LogP contribution is 2.26. The number of ether oxygens (including phenoxy) is 1. The summed E-state index contributed by atoms with van der Waals surface area (Å²) in [7, 11) is 0. The monoisotopic (exact) mass is 296 g/mol. The molecule has 1 heterocycles. The van der Waals surface area contributed by atoms with Crippen LogP contribution in [0.25, 0.3) is 0 Å². The molecule has 1 aromatic carbocycles. The second kappa shape index (κ2) is 5.95. The van der Waals surface area contributed by atoms with Crippen LogP contribution >= 0.6 is 23.8 Å². The number of benzene rings is 1. The van der Waals surface area contributed by atoms with Crippen LogP contribution < -0.4 is 10.5 Å². The first-order valence-corrected chi connectivity index (χ1v) is 6.16. The lowest BCUT2D eigenvalue weighted by Gasteiger charge is -2.09. The van der Waals surface area contributed by atoms with Crippen LogP contribution in [-0.2, 0) is 6.61 Å². The lowest BCUT2D eigenvalue weighted by molar-refractivity contribution is 0.305. The average Bonchev–Trinajstić information content (AvgIpc) is 2.37. The summed E-state index contributed by atoms with van der Waals surface area (Å²) in [5, 5.41) is 0.398. The zero-order chi connectivity index (χ0) is 13.8. The third-order valence-electron chi connectivity index (χ3n) is 2.37. The SMILES string of the molecule is NC(=S)c1ccc(OCc2cncc(F)c2)c(Cl)c1. The van der Waals surface area contributed by atoms with Gasteiger partial charge in [-0.05, 0) is 24.3 Å². The molecule has 0 spiro atoms.